The molecule has 11 nitrogen and oxygen atoms in total. The van der Waals surface area contributed by atoms with Crippen molar-refractivity contribution in [3.63, 3.8) is 0 Å². The quantitative estimate of drug-likeness (QED) is 0.359. The highest BCUT2D eigenvalue weighted by Gasteiger charge is 2.44. The number of fused-ring (bicyclic) bond motifs is 1. The number of aliphatic carboxylic acids is 1. The van der Waals surface area contributed by atoms with Crippen LogP contribution in [0, 0.1) is 0 Å². The topological polar surface area (TPSA) is 183 Å². The van der Waals surface area contributed by atoms with E-state index in [1.807, 2.05) is 0 Å². The van der Waals surface area contributed by atoms with Gasteiger partial charge in [0.25, 0.3) is 0 Å². The molecule has 3 heterocycles. The summed E-state index contributed by atoms with van der Waals surface area (Å²) in [4.78, 5) is 23.1. The Labute approximate surface area is 158 Å². The van der Waals surface area contributed by atoms with Gasteiger partial charge in [-0.15, -0.1) is 0 Å². The molecule has 1 aliphatic rings. The monoisotopic (exact) mass is 398 g/mol. The number of aliphatic hydroxyl groups excluding tert-OH is 2. The van der Waals surface area contributed by atoms with E-state index in [9.17, 15) is 15.0 Å². The number of imidazole rings is 1. The molecule has 1 fully saturated rings. The number of aliphatic hydroxyl groups is 2. The fourth-order valence-corrected chi connectivity index (χ4v) is 3.99. The zero-order valence-corrected chi connectivity index (χ0v) is 15.4. The average Bonchev–Trinajstić information content (AvgIpc) is 3.15. The number of carboxylic acids is 1. The van der Waals surface area contributed by atoms with Crippen LogP contribution >= 0.6 is 11.8 Å². The van der Waals surface area contributed by atoms with Crippen molar-refractivity contribution >= 4 is 34.7 Å². The smallest absolute Gasteiger partial charge is 0.323 e. The lowest BCUT2D eigenvalue weighted by atomic mass is 10.0. The van der Waals surface area contributed by atoms with Gasteiger partial charge in [-0.3, -0.25) is 9.36 Å². The van der Waals surface area contributed by atoms with Gasteiger partial charge >= 0.3 is 5.97 Å². The number of carboxylic acid groups (broad SMARTS) is 1. The molecule has 0 saturated carbocycles. The molecule has 3 rings (SSSR count). The predicted octanol–water partition coefficient (Wildman–Crippen LogP) is -1.05. The van der Waals surface area contributed by atoms with Crippen molar-refractivity contribution in [3.8, 4) is 0 Å². The third-order valence-electron chi connectivity index (χ3n) is 4.53. The van der Waals surface area contributed by atoms with Gasteiger partial charge in [-0.1, -0.05) is 0 Å². The maximum absolute atomic E-state index is 11.0. The van der Waals surface area contributed by atoms with E-state index in [1.54, 1.807) is 0 Å². The lowest BCUT2D eigenvalue weighted by Gasteiger charge is -2.19. The van der Waals surface area contributed by atoms with E-state index in [2.05, 4.69) is 15.0 Å². The predicted molar refractivity (Wildman–Crippen MR) is 97.8 cm³/mol. The summed E-state index contributed by atoms with van der Waals surface area (Å²) in [5.74, 6) is -0.00961. The summed E-state index contributed by atoms with van der Waals surface area (Å²) in [6.07, 6.45) is -0.814. The molecule has 5 atom stereocenters. The number of aromatic nitrogens is 4. The number of thioether (sulfide) groups is 1. The van der Waals surface area contributed by atoms with E-state index in [1.165, 1.54) is 35.9 Å². The highest BCUT2D eigenvalue weighted by Crippen LogP contribution is 2.33. The van der Waals surface area contributed by atoms with Crippen LogP contribution in [0.5, 0.6) is 0 Å². The van der Waals surface area contributed by atoms with Gasteiger partial charge in [-0.25, -0.2) is 15.0 Å². The molecule has 0 aliphatic carbocycles. The van der Waals surface area contributed by atoms with Gasteiger partial charge in [0, 0.05) is 5.75 Å². The molecule has 0 aromatic carbocycles. The molecule has 1 unspecified atom stereocenters. The second kappa shape index (κ2) is 7.56. The van der Waals surface area contributed by atoms with Crippen molar-refractivity contribution in [1.82, 2.24) is 19.5 Å². The van der Waals surface area contributed by atoms with Crippen molar-refractivity contribution < 1.29 is 24.9 Å². The second-order valence-electron chi connectivity index (χ2n) is 6.68. The minimum absolute atomic E-state index is 0.210. The number of ether oxygens (including phenoxy) is 1. The van der Waals surface area contributed by atoms with E-state index >= 15 is 0 Å². The second-order valence-corrected chi connectivity index (χ2v) is 7.83. The molecule has 1 saturated heterocycles. The van der Waals surface area contributed by atoms with Crippen molar-refractivity contribution in [3.05, 3.63) is 12.7 Å². The van der Waals surface area contributed by atoms with Crippen molar-refractivity contribution in [2.24, 2.45) is 5.73 Å². The van der Waals surface area contributed by atoms with Crippen LogP contribution < -0.4 is 11.5 Å². The van der Waals surface area contributed by atoms with E-state index < -0.39 is 36.0 Å². The van der Waals surface area contributed by atoms with Gasteiger partial charge in [0.15, 0.2) is 17.7 Å². The maximum Gasteiger partial charge on any atom is 0.323 e. The fourth-order valence-electron chi connectivity index (χ4n) is 2.74. The van der Waals surface area contributed by atoms with Gasteiger partial charge in [0.1, 0.15) is 29.6 Å². The number of nitrogens with two attached hydrogens (primary N) is 2. The van der Waals surface area contributed by atoms with Crippen LogP contribution in [-0.4, -0.2) is 76.2 Å². The molecule has 7 N–H and O–H groups in total. The van der Waals surface area contributed by atoms with Crippen LogP contribution in [0.1, 0.15) is 19.6 Å². The van der Waals surface area contributed by atoms with E-state index in [0.29, 0.717) is 22.7 Å². The Balaban J connectivity index is 1.64. The summed E-state index contributed by atoms with van der Waals surface area (Å²) in [7, 11) is 0. The minimum atomic E-state index is -1.31. The number of carbonyl (C=O) groups is 1. The van der Waals surface area contributed by atoms with Crippen LogP contribution in [0.4, 0.5) is 5.82 Å². The van der Waals surface area contributed by atoms with Crippen molar-refractivity contribution in [1.29, 1.82) is 0 Å². The summed E-state index contributed by atoms with van der Waals surface area (Å²) >= 11 is 1.40. The number of nitrogen functional groups attached to an aromatic ring is 1. The zero-order chi connectivity index (χ0) is 19.8. The molecule has 0 spiro atoms. The van der Waals surface area contributed by atoms with E-state index in [4.69, 9.17) is 21.3 Å². The molecular weight excluding hydrogens is 376 g/mol. The van der Waals surface area contributed by atoms with Crippen LogP contribution in [0.25, 0.3) is 11.2 Å². The minimum Gasteiger partial charge on any atom is -0.480 e. The Bertz CT molecular complexity index is 830. The first-order chi connectivity index (χ1) is 12.7. The van der Waals surface area contributed by atoms with Crippen molar-refractivity contribution in [2.75, 3.05) is 17.2 Å². The van der Waals surface area contributed by atoms with Gasteiger partial charge in [-0.2, -0.15) is 11.8 Å². The Morgan fingerprint density at radius 1 is 1.37 bits per heavy atom. The largest absolute Gasteiger partial charge is 0.480 e. The lowest BCUT2D eigenvalue weighted by Crippen LogP contribution is -2.45. The molecule has 0 radical (unpaired) electrons. The number of nitrogens with zero attached hydrogens (tertiary/aromatic N) is 4. The number of hydrogen-bond acceptors (Lipinski definition) is 10. The molecular formula is C15H22N6O5S. The highest BCUT2D eigenvalue weighted by atomic mass is 32.2. The molecule has 0 amide bonds. The molecule has 27 heavy (non-hydrogen) atoms. The molecule has 2 aromatic rings. The fraction of sp³-hybridized carbons (Fsp3) is 0.600. The Morgan fingerprint density at radius 2 is 2.11 bits per heavy atom. The first kappa shape index (κ1) is 19.8. The van der Waals surface area contributed by atoms with Crippen LogP contribution in [0.15, 0.2) is 12.7 Å². The average molecular weight is 398 g/mol. The molecule has 2 aromatic heterocycles. The SMILES string of the molecule is CC(N)(CCSC[C@H]1O[C@@H](n2cnc3c(N)ncnc32)[C@H](O)[C@@H]1O)C(=O)O. The van der Waals surface area contributed by atoms with Crippen LogP contribution in [-0.2, 0) is 9.53 Å². The van der Waals surface area contributed by atoms with Gasteiger partial charge in [-0.05, 0) is 19.1 Å². The van der Waals surface area contributed by atoms with E-state index in [0.717, 1.165) is 0 Å². The normalized spacial score (nSPS) is 27.7. The third kappa shape index (κ3) is 3.84. The molecule has 0 bridgehead atoms. The summed E-state index contributed by atoms with van der Waals surface area (Å²) in [6, 6.07) is 0. The zero-order valence-electron chi connectivity index (χ0n) is 14.6. The van der Waals surface area contributed by atoms with Crippen molar-refractivity contribution in [2.45, 2.75) is 43.4 Å². The summed E-state index contributed by atoms with van der Waals surface area (Å²) in [5.41, 5.74) is 10.9. The lowest BCUT2D eigenvalue weighted by molar-refractivity contribution is -0.142. The number of hydrogen-bond donors (Lipinski definition) is 5. The number of anilines is 1. The van der Waals surface area contributed by atoms with E-state index in [-0.39, 0.29) is 12.2 Å². The summed E-state index contributed by atoms with van der Waals surface area (Å²) < 4.78 is 7.32. The highest BCUT2D eigenvalue weighted by molar-refractivity contribution is 7.99. The van der Waals surface area contributed by atoms with Gasteiger partial charge in [0.05, 0.1) is 12.4 Å². The first-order valence-electron chi connectivity index (χ1n) is 8.27. The first-order valence-corrected chi connectivity index (χ1v) is 9.42. The molecule has 12 heteroatoms. The van der Waals surface area contributed by atoms with Crippen LogP contribution in [0.2, 0.25) is 0 Å². The molecule has 1 aliphatic heterocycles. The third-order valence-corrected chi connectivity index (χ3v) is 5.59. The van der Waals surface area contributed by atoms with Crippen LogP contribution in [0.3, 0.4) is 0 Å². The standard InChI is InChI=1S/C15H22N6O5S/c1-15(17,14(24)25)2-3-27-4-7-9(22)10(23)13(26-7)21-6-20-8-11(16)18-5-19-12(8)21/h5-7,9-10,13,22-23H,2-4,17H2,1H3,(H,24,25)(H2,16,18,19)/t7-,9-,10-,13-,15?/m1/s1. The number of rotatable bonds is 7. The van der Waals surface area contributed by atoms with Gasteiger partial charge in [0.2, 0.25) is 0 Å². The summed E-state index contributed by atoms with van der Waals surface area (Å²) in [6.45, 7) is 1.45. The maximum atomic E-state index is 11.0. The summed E-state index contributed by atoms with van der Waals surface area (Å²) in [5, 5.41) is 29.7. The Kier molecular flexibility index (Phi) is 5.53. The Hall–Kier alpha value is -1.99. The van der Waals surface area contributed by atoms with Gasteiger partial charge < -0.3 is 31.5 Å². The Morgan fingerprint density at radius 3 is 2.81 bits per heavy atom. The molecule has 148 valence electrons.